The summed E-state index contributed by atoms with van der Waals surface area (Å²) in [5, 5.41) is 69.4. The number of rotatable bonds is 9. The zero-order chi connectivity index (χ0) is 38.9. The first-order valence-electron chi connectivity index (χ1n) is 16.7. The normalized spacial score (nSPS) is 21.1. The number of nitriles is 6. The van der Waals surface area contributed by atoms with Crippen LogP contribution in [0, 0.1) is 110 Å². The van der Waals surface area contributed by atoms with Gasteiger partial charge in [-0.3, -0.25) is 0 Å². The molecule has 0 aliphatic heterocycles. The van der Waals surface area contributed by atoms with E-state index >= 15 is 0 Å². The molecule has 0 radical (unpaired) electrons. The van der Waals surface area contributed by atoms with Crippen LogP contribution in [0.25, 0.3) is 14.5 Å². The molecule has 0 aromatic rings. The molecule has 0 spiro atoms. The molecule has 3 aliphatic carbocycles. The van der Waals surface area contributed by atoms with Gasteiger partial charge in [0.05, 0.1) is 49.1 Å². The van der Waals surface area contributed by atoms with Crippen LogP contribution >= 0.6 is 0 Å². The minimum absolute atomic E-state index is 0.0991. The van der Waals surface area contributed by atoms with Gasteiger partial charge in [-0.05, 0) is 65.9 Å². The average Bonchev–Trinajstić information content (AvgIpc) is 3.08. The third kappa shape index (κ3) is 9.07. The highest BCUT2D eigenvalue weighted by atomic mass is 15.0. The van der Waals surface area contributed by atoms with Crippen molar-refractivity contribution in [2.45, 2.75) is 80.1 Å². The second-order valence-electron chi connectivity index (χ2n) is 15.6. The Morgan fingerprint density at radius 2 is 0.962 bits per heavy atom. The largest absolute Gasteiger partial charge is 0.397 e. The van der Waals surface area contributed by atoms with Gasteiger partial charge in [0, 0.05) is 48.2 Å². The maximum Gasteiger partial charge on any atom is 0.266 e. The van der Waals surface area contributed by atoms with Crippen LogP contribution in [0.15, 0.2) is 67.6 Å². The number of nitrogens with one attached hydrogen (secondary N) is 3. The fraction of sp³-hybridized carbons (Fsp3) is 0.475. The van der Waals surface area contributed by atoms with Gasteiger partial charge in [0.15, 0.2) is 5.70 Å². The van der Waals surface area contributed by atoms with Gasteiger partial charge >= 0.3 is 0 Å². The molecule has 1 unspecified atom stereocenters. The van der Waals surface area contributed by atoms with Gasteiger partial charge in [0.1, 0.15) is 23.8 Å². The summed E-state index contributed by atoms with van der Waals surface area (Å²) in [7, 11) is 0. The maximum atomic E-state index is 10.2. The van der Waals surface area contributed by atoms with Gasteiger partial charge in [0.2, 0.25) is 0 Å². The maximum absolute atomic E-state index is 10.2. The summed E-state index contributed by atoms with van der Waals surface area (Å²) in [5.74, 6) is -0.259. The topological polar surface area (TPSA) is 192 Å². The molecule has 0 saturated carbocycles. The van der Waals surface area contributed by atoms with E-state index in [-0.39, 0.29) is 56.0 Å². The zero-order valence-electron chi connectivity index (χ0n) is 30.5. The molecular weight excluding hydrogens is 649 g/mol. The molecule has 3 aliphatic rings. The van der Waals surface area contributed by atoms with Crippen LogP contribution < -0.4 is 16.0 Å². The molecule has 0 saturated heterocycles. The first-order chi connectivity index (χ1) is 24.6. The zero-order valence-corrected chi connectivity index (χ0v) is 30.5. The van der Waals surface area contributed by atoms with Gasteiger partial charge in [-0.25, -0.2) is 25.1 Å². The van der Waals surface area contributed by atoms with E-state index in [2.05, 4.69) is 42.6 Å². The Morgan fingerprint density at radius 1 is 0.577 bits per heavy atom. The molecule has 52 heavy (non-hydrogen) atoms. The molecular formula is C40H40N12. The Kier molecular flexibility index (Phi) is 12.4. The minimum Gasteiger partial charge on any atom is -0.397 e. The van der Waals surface area contributed by atoms with Crippen molar-refractivity contribution in [3.05, 3.63) is 102 Å². The van der Waals surface area contributed by atoms with Crippen molar-refractivity contribution in [2.75, 3.05) is 19.6 Å². The summed E-state index contributed by atoms with van der Waals surface area (Å²) in [6.07, 6.45) is 2.71. The quantitative estimate of drug-likeness (QED) is 0.165. The van der Waals surface area contributed by atoms with Gasteiger partial charge < -0.3 is 16.0 Å². The molecule has 12 heteroatoms. The van der Waals surface area contributed by atoms with E-state index < -0.39 is 0 Å². The fourth-order valence-electron chi connectivity index (χ4n) is 7.09. The van der Waals surface area contributed by atoms with Gasteiger partial charge in [-0.1, -0.05) is 41.5 Å². The van der Waals surface area contributed by atoms with E-state index in [1.165, 1.54) is 0 Å². The molecule has 1 atom stereocenters. The van der Waals surface area contributed by atoms with E-state index in [0.717, 1.165) is 0 Å². The smallest absolute Gasteiger partial charge is 0.266 e. The fourth-order valence-corrected chi connectivity index (χ4v) is 7.09. The van der Waals surface area contributed by atoms with Crippen LogP contribution in [-0.4, -0.2) is 19.6 Å². The number of hydrogen-bond donors (Lipinski definition) is 3. The summed E-state index contributed by atoms with van der Waals surface area (Å²) >= 11 is 0. The lowest BCUT2D eigenvalue weighted by Crippen LogP contribution is -2.41. The van der Waals surface area contributed by atoms with E-state index in [1.807, 2.05) is 65.8 Å². The molecule has 0 aromatic carbocycles. The van der Waals surface area contributed by atoms with Crippen molar-refractivity contribution in [2.24, 2.45) is 22.2 Å². The Bertz CT molecular complexity index is 1830. The van der Waals surface area contributed by atoms with Crippen molar-refractivity contribution >= 4 is 0 Å². The second-order valence-corrected chi connectivity index (χ2v) is 15.6. The minimum atomic E-state index is -0.347. The summed E-state index contributed by atoms with van der Waals surface area (Å²) in [4.78, 5) is 10.5. The van der Waals surface area contributed by atoms with Crippen LogP contribution in [-0.2, 0) is 0 Å². The number of hydrogen-bond acceptors (Lipinski definition) is 9. The molecule has 0 amide bonds. The standard InChI is InChI=1S/C40H40N12/c1-38(2)10-27(26(16-41)17-42)30(18-43)32(13-38)50-22-25(23-51-33-14-39(3,4)11-28(31(33)19-44)35(20-45)47-7)24-52-34-15-40(5,6)12-29(37(34)49-9)36(21-46)48-8/h25,50-52H,10-15,22-24H2,1-6H3/b35-28+,36-29-. The van der Waals surface area contributed by atoms with E-state index in [4.69, 9.17) is 19.7 Å². The monoisotopic (exact) mass is 688 g/mol. The lowest BCUT2D eigenvalue weighted by Gasteiger charge is -2.36. The lowest BCUT2D eigenvalue weighted by molar-refractivity contribution is 0.321. The predicted molar refractivity (Wildman–Crippen MR) is 192 cm³/mol. The third-order valence-electron chi connectivity index (χ3n) is 9.39. The molecule has 0 aromatic heterocycles. The van der Waals surface area contributed by atoms with Gasteiger partial charge in [-0.2, -0.15) is 21.0 Å². The molecule has 0 bridgehead atoms. The van der Waals surface area contributed by atoms with Crippen molar-refractivity contribution in [1.29, 1.82) is 31.6 Å². The van der Waals surface area contributed by atoms with Crippen molar-refractivity contribution in [3.63, 3.8) is 0 Å². The van der Waals surface area contributed by atoms with Gasteiger partial charge in [0.25, 0.3) is 11.4 Å². The van der Waals surface area contributed by atoms with Gasteiger partial charge in [-0.15, -0.1) is 0 Å². The predicted octanol–water partition coefficient (Wildman–Crippen LogP) is 7.26. The Labute approximate surface area is 307 Å². The lowest BCUT2D eigenvalue weighted by atomic mass is 9.73. The summed E-state index contributed by atoms with van der Waals surface area (Å²) in [6.45, 7) is 36.0. The van der Waals surface area contributed by atoms with Crippen LogP contribution in [0.2, 0.25) is 0 Å². The van der Waals surface area contributed by atoms with E-state index in [1.54, 1.807) is 0 Å². The van der Waals surface area contributed by atoms with Crippen molar-refractivity contribution in [1.82, 2.24) is 16.0 Å². The highest BCUT2D eigenvalue weighted by Crippen LogP contribution is 2.45. The number of allylic oxidation sites excluding steroid dienone is 11. The van der Waals surface area contributed by atoms with Crippen LogP contribution in [0.1, 0.15) is 80.1 Å². The summed E-state index contributed by atoms with van der Waals surface area (Å²) < 4.78 is 0. The summed E-state index contributed by atoms with van der Waals surface area (Å²) in [6, 6.07) is 12.2. The second kappa shape index (κ2) is 16.3. The third-order valence-corrected chi connectivity index (χ3v) is 9.39. The van der Waals surface area contributed by atoms with E-state index in [9.17, 15) is 31.6 Å². The van der Waals surface area contributed by atoms with Crippen molar-refractivity contribution < 1.29 is 0 Å². The highest BCUT2D eigenvalue weighted by molar-refractivity contribution is 5.58. The SMILES string of the molecule is [C-]#[N+]C1=C(NCC(CNC2=C(C#N)C(=C(C#N)C#N)CC(C)(C)C2)CNC2=C(C#N)/C(=C(\C#N)[N+]#[C-])CC(C)(C)C2)CC(C)(C)C/C1=C(\C#N)[N+]#[C-]. The summed E-state index contributed by atoms with van der Waals surface area (Å²) in [5.41, 5.74) is 2.53. The molecule has 3 N–H and O–H groups in total. The first kappa shape index (κ1) is 39.7. The van der Waals surface area contributed by atoms with Crippen LogP contribution in [0.4, 0.5) is 0 Å². The molecule has 0 heterocycles. The molecule has 0 fully saturated rings. The van der Waals surface area contributed by atoms with Crippen LogP contribution in [0.5, 0.6) is 0 Å². The molecule has 3 rings (SSSR count). The van der Waals surface area contributed by atoms with Crippen molar-refractivity contribution in [3.8, 4) is 36.4 Å². The highest BCUT2D eigenvalue weighted by Gasteiger charge is 2.36. The average molecular weight is 689 g/mol. The Balaban J connectivity index is 2.11. The number of nitrogens with zero attached hydrogens (tertiary/aromatic N) is 9. The molecule has 260 valence electrons. The Hall–Kier alpha value is -6.75. The Morgan fingerprint density at radius 3 is 1.37 bits per heavy atom. The first-order valence-corrected chi connectivity index (χ1v) is 16.7. The van der Waals surface area contributed by atoms with Crippen LogP contribution in [0.3, 0.4) is 0 Å². The van der Waals surface area contributed by atoms with E-state index in [0.29, 0.717) is 92.0 Å². The molecule has 12 nitrogen and oxygen atoms in total.